The van der Waals surface area contributed by atoms with Crippen molar-refractivity contribution < 1.29 is 39.6 Å². The molecule has 2 unspecified atom stereocenters. The second-order valence-corrected chi connectivity index (χ2v) is 9.95. The van der Waals surface area contributed by atoms with E-state index in [0.29, 0.717) is 18.7 Å². The van der Waals surface area contributed by atoms with Gasteiger partial charge in [-0.3, -0.25) is 4.79 Å². The zero-order valence-electron chi connectivity index (χ0n) is 17.2. The normalized spacial score (nSPS) is 22.8. The van der Waals surface area contributed by atoms with Crippen molar-refractivity contribution in [1.82, 2.24) is 4.98 Å². The molecule has 1 aliphatic heterocycles. The Morgan fingerprint density at radius 2 is 1.88 bits per heavy atom. The van der Waals surface area contributed by atoms with E-state index in [4.69, 9.17) is 5.14 Å². The lowest BCUT2D eigenvalue weighted by molar-refractivity contribution is -0.258. The third kappa shape index (κ3) is 4.19. The fourth-order valence-electron chi connectivity index (χ4n) is 4.45. The van der Waals surface area contributed by atoms with Crippen LogP contribution in [-0.2, 0) is 16.2 Å². The van der Waals surface area contributed by atoms with Crippen LogP contribution in [0.15, 0.2) is 41.4 Å². The monoisotopic (exact) mass is 508 g/mol. The standard InChI is InChI=1S/C20H18F6N4O3S/c21-19(22,23)12-6-15(17(31)29-13-2-1-3-14(7-13)34(27,32)33)16(28-8-12)30-9-11-4-5-18(11,10-30)20(24,25)26/h1-3,6-8,11H,4-5,9-10H2,(H,29,31)(H2,27,32,33). The van der Waals surface area contributed by atoms with Gasteiger partial charge in [-0.05, 0) is 43.0 Å². The van der Waals surface area contributed by atoms with Gasteiger partial charge in [0.05, 0.1) is 21.4 Å². The SMILES string of the molecule is NS(=O)(=O)c1cccc(NC(=O)c2cc(C(F)(F)F)cnc2N2CC3CCC3(C(F)(F)F)C2)c1. The summed E-state index contributed by atoms with van der Waals surface area (Å²) in [5.41, 5.74) is -3.93. The molecule has 7 nitrogen and oxygen atoms in total. The molecule has 1 aromatic heterocycles. The minimum absolute atomic E-state index is 0.0897. The number of pyridine rings is 1. The number of carbonyl (C=O) groups is 1. The Kier molecular flexibility index (Phi) is 5.59. The summed E-state index contributed by atoms with van der Waals surface area (Å²) < 4.78 is 104. The van der Waals surface area contributed by atoms with Gasteiger partial charge < -0.3 is 10.2 Å². The maximum absolute atomic E-state index is 13.7. The number of hydrogen-bond donors (Lipinski definition) is 2. The predicted molar refractivity (Wildman–Crippen MR) is 108 cm³/mol. The van der Waals surface area contributed by atoms with Gasteiger partial charge in [0.15, 0.2) is 0 Å². The predicted octanol–water partition coefficient (Wildman–Crippen LogP) is 3.78. The number of nitrogens with two attached hydrogens (primary N) is 1. The Hall–Kier alpha value is -2.87. The van der Waals surface area contributed by atoms with Gasteiger partial charge in [-0.1, -0.05) is 6.07 Å². The molecule has 1 aliphatic carbocycles. The first-order chi connectivity index (χ1) is 15.6. The van der Waals surface area contributed by atoms with Crippen LogP contribution in [0.2, 0.25) is 0 Å². The number of hydrogen-bond acceptors (Lipinski definition) is 5. The third-order valence-corrected chi connectivity index (χ3v) is 7.27. The smallest absolute Gasteiger partial charge is 0.355 e. The van der Waals surface area contributed by atoms with E-state index in [1.807, 2.05) is 0 Å². The summed E-state index contributed by atoms with van der Waals surface area (Å²) in [6.07, 6.45) is -8.70. The van der Waals surface area contributed by atoms with E-state index < -0.39 is 57.3 Å². The number of nitrogens with one attached hydrogen (secondary N) is 1. The molecule has 2 heterocycles. The molecule has 2 atom stereocenters. The second-order valence-electron chi connectivity index (χ2n) is 8.39. The lowest BCUT2D eigenvalue weighted by atomic mass is 9.61. The van der Waals surface area contributed by atoms with Gasteiger partial charge in [-0.2, -0.15) is 26.3 Å². The first-order valence-electron chi connectivity index (χ1n) is 9.95. The molecule has 4 rings (SSSR count). The van der Waals surface area contributed by atoms with Gasteiger partial charge in [0.25, 0.3) is 5.91 Å². The number of carbonyl (C=O) groups excluding carboxylic acids is 1. The van der Waals surface area contributed by atoms with Crippen LogP contribution in [0.3, 0.4) is 0 Å². The van der Waals surface area contributed by atoms with Crippen LogP contribution in [-0.4, -0.2) is 38.6 Å². The number of nitrogens with zero attached hydrogens (tertiary/aromatic N) is 2. The number of halogens is 6. The van der Waals surface area contributed by atoms with Gasteiger partial charge in [0, 0.05) is 25.0 Å². The van der Waals surface area contributed by atoms with Crippen molar-refractivity contribution >= 4 is 27.4 Å². The largest absolute Gasteiger partial charge is 0.417 e. The van der Waals surface area contributed by atoms with Gasteiger partial charge >= 0.3 is 12.4 Å². The summed E-state index contributed by atoms with van der Waals surface area (Å²) >= 11 is 0. The number of fused-ring (bicyclic) bond motifs is 1. The van der Waals surface area contributed by atoms with Crippen molar-refractivity contribution in [3.8, 4) is 0 Å². The molecule has 184 valence electrons. The molecule has 1 amide bonds. The van der Waals surface area contributed by atoms with E-state index in [2.05, 4.69) is 10.3 Å². The highest BCUT2D eigenvalue weighted by Crippen LogP contribution is 2.61. The Morgan fingerprint density at radius 3 is 2.41 bits per heavy atom. The zero-order valence-corrected chi connectivity index (χ0v) is 18.1. The van der Waals surface area contributed by atoms with E-state index in [9.17, 15) is 39.6 Å². The van der Waals surface area contributed by atoms with Crippen LogP contribution in [0.4, 0.5) is 37.8 Å². The summed E-state index contributed by atoms with van der Waals surface area (Å²) in [4.78, 5) is 17.5. The minimum Gasteiger partial charge on any atom is -0.355 e. The lowest BCUT2D eigenvalue weighted by Gasteiger charge is -2.44. The van der Waals surface area contributed by atoms with Crippen molar-refractivity contribution in [2.75, 3.05) is 23.3 Å². The molecule has 1 saturated heterocycles. The summed E-state index contributed by atoms with van der Waals surface area (Å²) in [5.74, 6) is -2.16. The summed E-state index contributed by atoms with van der Waals surface area (Å²) in [6.45, 7) is -0.639. The number of alkyl halides is 6. The molecular formula is C20H18F6N4O3S. The molecule has 0 radical (unpaired) electrons. The topological polar surface area (TPSA) is 105 Å². The van der Waals surface area contributed by atoms with Crippen molar-refractivity contribution in [1.29, 1.82) is 0 Å². The van der Waals surface area contributed by atoms with Crippen LogP contribution in [0.1, 0.15) is 28.8 Å². The fourth-order valence-corrected chi connectivity index (χ4v) is 5.01. The lowest BCUT2D eigenvalue weighted by Crippen LogP contribution is -2.51. The van der Waals surface area contributed by atoms with Crippen molar-refractivity contribution in [2.24, 2.45) is 16.5 Å². The average Bonchev–Trinajstić information content (AvgIpc) is 2.97. The van der Waals surface area contributed by atoms with Crippen molar-refractivity contribution in [3.63, 3.8) is 0 Å². The van der Waals surface area contributed by atoms with Gasteiger partial charge in [0.1, 0.15) is 5.82 Å². The highest BCUT2D eigenvalue weighted by molar-refractivity contribution is 7.89. The number of primary sulfonamides is 1. The first-order valence-corrected chi connectivity index (χ1v) is 11.5. The fraction of sp³-hybridized carbons (Fsp3) is 0.400. The average molecular weight is 508 g/mol. The highest BCUT2D eigenvalue weighted by atomic mass is 32.2. The number of aromatic nitrogens is 1. The van der Waals surface area contributed by atoms with Crippen LogP contribution in [0.25, 0.3) is 0 Å². The summed E-state index contributed by atoms with van der Waals surface area (Å²) in [6, 6.07) is 5.21. The molecule has 1 saturated carbocycles. The maximum Gasteiger partial charge on any atom is 0.417 e. The van der Waals surface area contributed by atoms with E-state index in [0.717, 1.165) is 12.1 Å². The summed E-state index contributed by atoms with van der Waals surface area (Å²) in [7, 11) is -4.13. The quantitative estimate of drug-likeness (QED) is 0.612. The number of sulfonamides is 1. The van der Waals surface area contributed by atoms with Gasteiger partial charge in [-0.15, -0.1) is 0 Å². The van der Waals surface area contributed by atoms with E-state index in [1.165, 1.54) is 17.0 Å². The Bertz CT molecular complexity index is 1250. The molecule has 0 spiro atoms. The molecular weight excluding hydrogens is 490 g/mol. The molecule has 34 heavy (non-hydrogen) atoms. The van der Waals surface area contributed by atoms with Crippen molar-refractivity contribution in [2.45, 2.75) is 30.1 Å². The van der Waals surface area contributed by atoms with E-state index >= 15 is 0 Å². The van der Waals surface area contributed by atoms with Gasteiger partial charge in [-0.25, -0.2) is 18.5 Å². The molecule has 3 N–H and O–H groups in total. The number of benzene rings is 1. The van der Waals surface area contributed by atoms with Crippen LogP contribution < -0.4 is 15.4 Å². The number of amides is 1. The molecule has 2 fully saturated rings. The van der Waals surface area contributed by atoms with Crippen molar-refractivity contribution in [3.05, 3.63) is 47.7 Å². The zero-order chi connectivity index (χ0) is 25.1. The summed E-state index contributed by atoms with van der Waals surface area (Å²) in [5, 5.41) is 7.32. The maximum atomic E-state index is 13.7. The van der Waals surface area contributed by atoms with Crippen LogP contribution >= 0.6 is 0 Å². The second kappa shape index (κ2) is 7.83. The van der Waals surface area contributed by atoms with Crippen LogP contribution in [0.5, 0.6) is 0 Å². The Morgan fingerprint density at radius 1 is 1.18 bits per heavy atom. The highest BCUT2D eigenvalue weighted by Gasteiger charge is 2.67. The third-order valence-electron chi connectivity index (χ3n) is 6.36. The van der Waals surface area contributed by atoms with E-state index in [-0.39, 0.29) is 29.4 Å². The molecule has 1 aromatic carbocycles. The molecule has 2 aromatic rings. The van der Waals surface area contributed by atoms with Crippen LogP contribution in [0, 0.1) is 11.3 Å². The Balaban J connectivity index is 1.71. The number of anilines is 2. The van der Waals surface area contributed by atoms with Gasteiger partial charge in [0.2, 0.25) is 10.0 Å². The minimum atomic E-state index is -4.86. The Labute approximate surface area is 190 Å². The molecule has 2 aliphatic rings. The first kappa shape index (κ1) is 24.3. The van der Waals surface area contributed by atoms with E-state index in [1.54, 1.807) is 0 Å². The number of rotatable bonds is 4. The molecule has 0 bridgehead atoms. The molecule has 14 heteroatoms.